The molecular weight excluding hydrogens is 228 g/mol. The minimum absolute atomic E-state index is 0.0690. The number of rotatable bonds is 5. The van der Waals surface area contributed by atoms with Gasteiger partial charge in [-0.15, -0.1) is 0 Å². The zero-order valence-electron chi connectivity index (χ0n) is 11.0. The van der Waals surface area contributed by atoms with E-state index in [-0.39, 0.29) is 5.91 Å². The highest BCUT2D eigenvalue weighted by atomic mass is 16.3. The van der Waals surface area contributed by atoms with Crippen molar-refractivity contribution >= 4 is 5.91 Å². The predicted molar refractivity (Wildman–Crippen MR) is 70.1 cm³/mol. The lowest BCUT2D eigenvalue weighted by atomic mass is 9.94. The van der Waals surface area contributed by atoms with E-state index in [1.807, 2.05) is 19.2 Å². The Morgan fingerprint density at radius 1 is 1.44 bits per heavy atom. The van der Waals surface area contributed by atoms with Gasteiger partial charge in [-0.3, -0.25) is 9.69 Å². The molecule has 0 atom stereocenters. The van der Waals surface area contributed by atoms with Crippen LogP contribution in [0.5, 0.6) is 0 Å². The summed E-state index contributed by atoms with van der Waals surface area (Å²) in [6, 6.07) is 4.27. The van der Waals surface area contributed by atoms with Gasteiger partial charge in [0.05, 0.1) is 19.4 Å². The van der Waals surface area contributed by atoms with Gasteiger partial charge in [-0.1, -0.05) is 19.3 Å². The van der Waals surface area contributed by atoms with Crippen molar-refractivity contribution in [3.05, 3.63) is 24.2 Å². The van der Waals surface area contributed by atoms with Crippen LogP contribution in [0.3, 0.4) is 0 Å². The number of nitrogens with one attached hydrogen (secondary N) is 1. The van der Waals surface area contributed by atoms with Gasteiger partial charge in [0.25, 0.3) is 0 Å². The van der Waals surface area contributed by atoms with Crippen molar-refractivity contribution in [1.29, 1.82) is 0 Å². The zero-order chi connectivity index (χ0) is 12.8. The van der Waals surface area contributed by atoms with Crippen LogP contribution in [0.2, 0.25) is 0 Å². The van der Waals surface area contributed by atoms with Crippen molar-refractivity contribution in [2.24, 2.45) is 0 Å². The first kappa shape index (κ1) is 13.1. The van der Waals surface area contributed by atoms with E-state index in [0.29, 0.717) is 19.1 Å². The van der Waals surface area contributed by atoms with Crippen LogP contribution in [0.25, 0.3) is 0 Å². The minimum Gasteiger partial charge on any atom is -0.467 e. The fraction of sp³-hybridized carbons (Fsp3) is 0.643. The number of furan rings is 1. The summed E-state index contributed by atoms with van der Waals surface area (Å²) < 4.78 is 5.18. The van der Waals surface area contributed by atoms with Crippen molar-refractivity contribution in [1.82, 2.24) is 10.2 Å². The van der Waals surface area contributed by atoms with Crippen molar-refractivity contribution in [3.8, 4) is 0 Å². The standard InChI is InChI=1S/C14H22N2O2/c1-16(12-6-3-2-4-7-12)11-14(17)15-10-13-8-5-9-18-13/h5,8-9,12H,2-4,6-7,10-11H2,1H3,(H,15,17). The topological polar surface area (TPSA) is 45.5 Å². The van der Waals surface area contributed by atoms with Crippen LogP contribution in [-0.2, 0) is 11.3 Å². The van der Waals surface area contributed by atoms with Crippen LogP contribution in [0.15, 0.2) is 22.8 Å². The Bertz CT molecular complexity index is 356. The van der Waals surface area contributed by atoms with E-state index < -0.39 is 0 Å². The molecular formula is C14H22N2O2. The summed E-state index contributed by atoms with van der Waals surface area (Å²) in [4.78, 5) is 14.0. The summed E-state index contributed by atoms with van der Waals surface area (Å²) in [6.45, 7) is 0.954. The lowest BCUT2D eigenvalue weighted by Crippen LogP contribution is -2.41. The van der Waals surface area contributed by atoms with Gasteiger partial charge in [-0.05, 0) is 32.0 Å². The summed E-state index contributed by atoms with van der Waals surface area (Å²) in [5.74, 6) is 0.864. The number of nitrogens with zero attached hydrogens (tertiary/aromatic N) is 1. The van der Waals surface area contributed by atoms with Crippen molar-refractivity contribution in [3.63, 3.8) is 0 Å². The van der Waals surface area contributed by atoms with Gasteiger partial charge >= 0.3 is 0 Å². The molecule has 1 aliphatic carbocycles. The SMILES string of the molecule is CN(CC(=O)NCc1ccco1)C1CCCCC1. The van der Waals surface area contributed by atoms with E-state index in [1.54, 1.807) is 6.26 Å². The Morgan fingerprint density at radius 2 is 2.22 bits per heavy atom. The zero-order valence-corrected chi connectivity index (χ0v) is 11.0. The number of likely N-dealkylation sites (N-methyl/N-ethyl adjacent to an activating group) is 1. The number of hydrogen-bond donors (Lipinski definition) is 1. The highest BCUT2D eigenvalue weighted by Crippen LogP contribution is 2.21. The van der Waals surface area contributed by atoms with Crippen LogP contribution in [-0.4, -0.2) is 30.4 Å². The van der Waals surface area contributed by atoms with E-state index in [4.69, 9.17) is 4.42 Å². The number of amides is 1. The monoisotopic (exact) mass is 250 g/mol. The van der Waals surface area contributed by atoms with Gasteiger partial charge in [-0.2, -0.15) is 0 Å². The van der Waals surface area contributed by atoms with Crippen molar-refractivity contribution in [2.45, 2.75) is 44.7 Å². The molecule has 0 unspecified atom stereocenters. The van der Waals surface area contributed by atoms with Gasteiger partial charge in [0.15, 0.2) is 0 Å². The molecule has 1 fully saturated rings. The van der Waals surface area contributed by atoms with Gasteiger partial charge in [0, 0.05) is 6.04 Å². The Kier molecular flexibility index (Phi) is 4.81. The maximum Gasteiger partial charge on any atom is 0.234 e. The molecule has 1 aromatic rings. The van der Waals surface area contributed by atoms with Crippen molar-refractivity contribution < 1.29 is 9.21 Å². The molecule has 0 saturated heterocycles. The molecule has 1 aromatic heterocycles. The average molecular weight is 250 g/mol. The fourth-order valence-electron chi connectivity index (χ4n) is 2.53. The molecule has 4 heteroatoms. The van der Waals surface area contributed by atoms with Gasteiger partial charge in [0.1, 0.15) is 5.76 Å². The molecule has 18 heavy (non-hydrogen) atoms. The largest absolute Gasteiger partial charge is 0.467 e. The van der Waals surface area contributed by atoms with E-state index in [2.05, 4.69) is 10.2 Å². The molecule has 2 rings (SSSR count). The number of carbonyl (C=O) groups is 1. The molecule has 1 aliphatic rings. The average Bonchev–Trinajstić information content (AvgIpc) is 2.90. The Balaban J connectivity index is 1.69. The van der Waals surface area contributed by atoms with Crippen LogP contribution < -0.4 is 5.32 Å². The molecule has 1 N–H and O–H groups in total. The van der Waals surface area contributed by atoms with Gasteiger partial charge in [-0.25, -0.2) is 0 Å². The summed E-state index contributed by atoms with van der Waals surface area (Å²) >= 11 is 0. The quantitative estimate of drug-likeness (QED) is 0.871. The maximum atomic E-state index is 11.8. The summed E-state index contributed by atoms with van der Waals surface area (Å²) in [5, 5.41) is 2.88. The highest BCUT2D eigenvalue weighted by Gasteiger charge is 2.19. The molecule has 1 amide bonds. The molecule has 1 heterocycles. The first-order valence-corrected chi connectivity index (χ1v) is 6.75. The lowest BCUT2D eigenvalue weighted by Gasteiger charge is -2.30. The molecule has 1 saturated carbocycles. The molecule has 0 aromatic carbocycles. The smallest absolute Gasteiger partial charge is 0.234 e. The molecule has 4 nitrogen and oxygen atoms in total. The second-order valence-corrected chi connectivity index (χ2v) is 5.06. The molecule has 0 aliphatic heterocycles. The lowest BCUT2D eigenvalue weighted by molar-refractivity contribution is -0.122. The van der Waals surface area contributed by atoms with Crippen LogP contribution in [0, 0.1) is 0 Å². The normalized spacial score (nSPS) is 17.0. The highest BCUT2D eigenvalue weighted by molar-refractivity contribution is 5.77. The molecule has 0 spiro atoms. The Hall–Kier alpha value is -1.29. The third-order valence-electron chi connectivity index (χ3n) is 3.63. The van der Waals surface area contributed by atoms with Gasteiger partial charge < -0.3 is 9.73 Å². The van der Waals surface area contributed by atoms with E-state index in [9.17, 15) is 4.79 Å². The van der Waals surface area contributed by atoms with Gasteiger partial charge in [0.2, 0.25) is 5.91 Å². The first-order chi connectivity index (χ1) is 8.75. The van der Waals surface area contributed by atoms with Crippen molar-refractivity contribution in [2.75, 3.05) is 13.6 Å². The van der Waals surface area contributed by atoms with Crippen LogP contribution in [0.1, 0.15) is 37.9 Å². The molecule has 100 valence electrons. The Labute approximate surface area is 108 Å². The number of carbonyl (C=O) groups excluding carboxylic acids is 1. The predicted octanol–water partition coefficient (Wildman–Crippen LogP) is 2.16. The van der Waals surface area contributed by atoms with Crippen LogP contribution in [0.4, 0.5) is 0 Å². The summed E-state index contributed by atoms with van der Waals surface area (Å²) in [7, 11) is 2.04. The minimum atomic E-state index is 0.0690. The molecule has 0 bridgehead atoms. The first-order valence-electron chi connectivity index (χ1n) is 6.75. The summed E-state index contributed by atoms with van der Waals surface area (Å²) in [5.41, 5.74) is 0. The third-order valence-corrected chi connectivity index (χ3v) is 3.63. The maximum absolute atomic E-state index is 11.8. The third kappa shape index (κ3) is 3.88. The Morgan fingerprint density at radius 3 is 2.89 bits per heavy atom. The second kappa shape index (κ2) is 6.59. The number of hydrogen-bond acceptors (Lipinski definition) is 3. The summed E-state index contributed by atoms with van der Waals surface area (Å²) in [6.07, 6.45) is 8.00. The van der Waals surface area contributed by atoms with Crippen LogP contribution >= 0.6 is 0 Å². The van der Waals surface area contributed by atoms with E-state index in [1.165, 1.54) is 32.1 Å². The van der Waals surface area contributed by atoms with E-state index in [0.717, 1.165) is 5.76 Å². The second-order valence-electron chi connectivity index (χ2n) is 5.06. The molecule has 0 radical (unpaired) electrons. The fourth-order valence-corrected chi connectivity index (χ4v) is 2.53. The van der Waals surface area contributed by atoms with E-state index >= 15 is 0 Å².